The maximum absolute atomic E-state index is 13.3. The molecule has 25 heavy (non-hydrogen) atoms. The molecule has 6 nitrogen and oxygen atoms in total. The molecule has 0 unspecified atom stereocenters. The van der Waals surface area contributed by atoms with Crippen LogP contribution in [0.4, 0.5) is 14.5 Å². The molecule has 1 amide bonds. The third-order valence-electron chi connectivity index (χ3n) is 3.26. The molecular formula is C15H13ClF2N2O4S. The fraction of sp³-hybridized carbons (Fsp3) is 0.133. The van der Waals surface area contributed by atoms with E-state index < -0.39 is 27.6 Å². The Morgan fingerprint density at radius 2 is 1.72 bits per heavy atom. The molecule has 0 aliphatic heterocycles. The van der Waals surface area contributed by atoms with Crippen molar-refractivity contribution in [1.82, 2.24) is 4.47 Å². The largest absolute Gasteiger partial charge is 0.322 e. The molecule has 0 heterocycles. The van der Waals surface area contributed by atoms with Crippen molar-refractivity contribution in [2.24, 2.45) is 0 Å². The summed E-state index contributed by atoms with van der Waals surface area (Å²) < 4.78 is 51.1. The lowest BCUT2D eigenvalue weighted by Crippen LogP contribution is -2.25. The Labute approximate surface area is 148 Å². The van der Waals surface area contributed by atoms with Gasteiger partial charge in [0.15, 0.2) is 11.6 Å². The van der Waals surface area contributed by atoms with Crippen molar-refractivity contribution in [2.45, 2.75) is 4.90 Å². The summed E-state index contributed by atoms with van der Waals surface area (Å²) in [6.07, 6.45) is 0. The monoisotopic (exact) mass is 390 g/mol. The van der Waals surface area contributed by atoms with Gasteiger partial charge in [-0.1, -0.05) is 16.1 Å². The number of nitrogens with one attached hydrogen (secondary N) is 1. The van der Waals surface area contributed by atoms with Gasteiger partial charge in [-0.3, -0.25) is 9.63 Å². The number of benzene rings is 2. The number of hydrogen-bond donors (Lipinski definition) is 1. The van der Waals surface area contributed by atoms with E-state index in [1.54, 1.807) is 0 Å². The van der Waals surface area contributed by atoms with Crippen LogP contribution in [0.2, 0.25) is 5.02 Å². The van der Waals surface area contributed by atoms with E-state index in [0.717, 1.165) is 0 Å². The van der Waals surface area contributed by atoms with Gasteiger partial charge in [0.05, 0.1) is 22.6 Å². The molecule has 10 heteroatoms. The average Bonchev–Trinajstić information content (AvgIpc) is 2.57. The molecule has 0 aliphatic carbocycles. The van der Waals surface area contributed by atoms with Crippen molar-refractivity contribution in [2.75, 3.05) is 19.5 Å². The van der Waals surface area contributed by atoms with Crippen molar-refractivity contribution in [1.29, 1.82) is 0 Å². The summed E-state index contributed by atoms with van der Waals surface area (Å²) in [7, 11) is -1.38. The molecule has 0 atom stereocenters. The van der Waals surface area contributed by atoms with Crippen LogP contribution in [0.1, 0.15) is 10.4 Å². The maximum Gasteiger partial charge on any atom is 0.264 e. The fourth-order valence-electron chi connectivity index (χ4n) is 1.85. The standard InChI is InChI=1S/C15H13ClF2N2O4S/c1-20(24-2)25(22,23)10-5-3-9(4-6-10)19-15(21)11-7-13(17)14(18)8-12(11)16/h3-8H,1-2H3,(H,19,21). The summed E-state index contributed by atoms with van der Waals surface area (Å²) in [5, 5.41) is 2.16. The lowest BCUT2D eigenvalue weighted by molar-refractivity contribution is -0.0258. The van der Waals surface area contributed by atoms with Gasteiger partial charge in [-0.15, -0.1) is 0 Å². The molecule has 2 aromatic rings. The quantitative estimate of drug-likeness (QED) is 0.629. The lowest BCUT2D eigenvalue weighted by Gasteiger charge is -2.14. The van der Waals surface area contributed by atoms with Crippen LogP contribution in [0.15, 0.2) is 41.3 Å². The molecule has 2 rings (SSSR count). The van der Waals surface area contributed by atoms with Crippen LogP contribution in [0.25, 0.3) is 0 Å². The predicted molar refractivity (Wildman–Crippen MR) is 87.7 cm³/mol. The molecule has 0 saturated heterocycles. The van der Waals surface area contributed by atoms with Crippen LogP contribution in [-0.4, -0.2) is 33.0 Å². The number of hydrogen-bond acceptors (Lipinski definition) is 4. The minimum Gasteiger partial charge on any atom is -0.322 e. The molecule has 0 bridgehead atoms. The Morgan fingerprint density at radius 3 is 2.28 bits per heavy atom. The summed E-state index contributed by atoms with van der Waals surface area (Å²) in [5.74, 6) is -3.15. The second kappa shape index (κ2) is 7.44. The molecule has 2 aromatic carbocycles. The topological polar surface area (TPSA) is 75.7 Å². The molecule has 1 N–H and O–H groups in total. The van der Waals surface area contributed by atoms with Crippen LogP contribution in [0, 0.1) is 11.6 Å². The van der Waals surface area contributed by atoms with Crippen molar-refractivity contribution < 1.29 is 26.8 Å². The van der Waals surface area contributed by atoms with E-state index >= 15 is 0 Å². The van der Waals surface area contributed by atoms with E-state index in [0.29, 0.717) is 16.6 Å². The molecule has 0 fully saturated rings. The van der Waals surface area contributed by atoms with Gasteiger partial charge in [-0.25, -0.2) is 17.2 Å². The predicted octanol–water partition coefficient (Wildman–Crippen LogP) is 3.05. The van der Waals surface area contributed by atoms with Gasteiger partial charge in [-0.2, -0.15) is 0 Å². The normalized spacial score (nSPS) is 11.6. The van der Waals surface area contributed by atoms with Crippen LogP contribution in [-0.2, 0) is 14.9 Å². The first-order valence-electron chi connectivity index (χ1n) is 6.76. The Balaban J connectivity index is 2.22. The highest BCUT2D eigenvalue weighted by molar-refractivity contribution is 7.89. The van der Waals surface area contributed by atoms with E-state index in [1.807, 2.05) is 0 Å². The van der Waals surface area contributed by atoms with Crippen LogP contribution >= 0.6 is 11.6 Å². The zero-order valence-electron chi connectivity index (χ0n) is 13.1. The SMILES string of the molecule is CON(C)S(=O)(=O)c1ccc(NC(=O)c2cc(F)c(F)cc2Cl)cc1. The number of carbonyl (C=O) groups excluding carboxylic acids is 1. The van der Waals surface area contributed by atoms with E-state index in [9.17, 15) is 22.0 Å². The second-order valence-electron chi connectivity index (χ2n) is 4.82. The first kappa shape index (κ1) is 19.3. The third kappa shape index (κ3) is 4.13. The van der Waals surface area contributed by atoms with Gasteiger partial charge in [-0.05, 0) is 36.4 Å². The molecule has 134 valence electrons. The van der Waals surface area contributed by atoms with Gasteiger partial charge < -0.3 is 5.32 Å². The van der Waals surface area contributed by atoms with Gasteiger partial charge >= 0.3 is 0 Å². The highest BCUT2D eigenvalue weighted by atomic mass is 35.5. The molecule has 0 radical (unpaired) electrons. The smallest absolute Gasteiger partial charge is 0.264 e. The molecule has 0 aromatic heterocycles. The van der Waals surface area contributed by atoms with E-state index in [4.69, 9.17) is 11.6 Å². The minimum atomic E-state index is -3.82. The van der Waals surface area contributed by atoms with E-state index in [2.05, 4.69) is 10.2 Å². The molecule has 0 aliphatic rings. The van der Waals surface area contributed by atoms with Gasteiger partial charge in [0.2, 0.25) is 0 Å². The Morgan fingerprint density at radius 1 is 1.16 bits per heavy atom. The summed E-state index contributed by atoms with van der Waals surface area (Å²) in [4.78, 5) is 16.7. The van der Waals surface area contributed by atoms with Crippen LogP contribution in [0.5, 0.6) is 0 Å². The van der Waals surface area contributed by atoms with Crippen LogP contribution in [0.3, 0.4) is 0 Å². The summed E-state index contributed by atoms with van der Waals surface area (Å²) in [6.45, 7) is 0. The Kier molecular flexibility index (Phi) is 5.73. The zero-order chi connectivity index (χ0) is 18.8. The Bertz CT molecular complexity index is 904. The van der Waals surface area contributed by atoms with Crippen molar-refractivity contribution in [3.8, 4) is 0 Å². The van der Waals surface area contributed by atoms with Crippen molar-refractivity contribution in [3.63, 3.8) is 0 Å². The molecule has 0 saturated carbocycles. The number of anilines is 1. The third-order valence-corrected chi connectivity index (χ3v) is 5.27. The van der Waals surface area contributed by atoms with E-state index in [-0.39, 0.29) is 21.2 Å². The van der Waals surface area contributed by atoms with Gasteiger partial charge in [0.1, 0.15) is 0 Å². The van der Waals surface area contributed by atoms with Gasteiger partial charge in [0.25, 0.3) is 15.9 Å². The Hall–Kier alpha value is -2.07. The number of amides is 1. The first-order chi connectivity index (χ1) is 11.7. The minimum absolute atomic E-state index is 0.0549. The second-order valence-corrected chi connectivity index (χ2v) is 7.16. The summed E-state index contributed by atoms with van der Waals surface area (Å²) in [5.41, 5.74) is -0.0128. The average molecular weight is 391 g/mol. The zero-order valence-corrected chi connectivity index (χ0v) is 14.7. The first-order valence-corrected chi connectivity index (χ1v) is 8.57. The van der Waals surface area contributed by atoms with Crippen molar-refractivity contribution >= 4 is 33.2 Å². The number of hydroxylamine groups is 1. The number of nitrogens with zero attached hydrogens (tertiary/aromatic N) is 1. The fourth-order valence-corrected chi connectivity index (χ4v) is 3.06. The molecule has 0 spiro atoms. The number of rotatable bonds is 5. The van der Waals surface area contributed by atoms with Crippen LogP contribution < -0.4 is 5.32 Å². The maximum atomic E-state index is 13.3. The van der Waals surface area contributed by atoms with Gasteiger partial charge in [0, 0.05) is 12.7 Å². The molecular weight excluding hydrogens is 378 g/mol. The van der Waals surface area contributed by atoms with Crippen molar-refractivity contribution in [3.05, 3.63) is 58.6 Å². The number of sulfonamides is 1. The van der Waals surface area contributed by atoms with E-state index in [1.165, 1.54) is 38.4 Å². The number of carbonyl (C=O) groups is 1. The number of halogens is 3. The lowest BCUT2D eigenvalue weighted by atomic mass is 10.2. The highest BCUT2D eigenvalue weighted by Gasteiger charge is 2.21. The summed E-state index contributed by atoms with van der Waals surface area (Å²) in [6, 6.07) is 6.56. The highest BCUT2D eigenvalue weighted by Crippen LogP contribution is 2.22. The summed E-state index contributed by atoms with van der Waals surface area (Å²) >= 11 is 5.73.